The van der Waals surface area contributed by atoms with Crippen LogP contribution >= 0.6 is 11.6 Å². The van der Waals surface area contributed by atoms with Crippen molar-refractivity contribution in [1.29, 1.82) is 0 Å². The van der Waals surface area contributed by atoms with Gasteiger partial charge >= 0.3 is 0 Å². The van der Waals surface area contributed by atoms with Gasteiger partial charge in [-0.15, -0.1) is 0 Å². The number of Topliss-reactive ketones (excluding diaryl/α,β-unsaturated/α-hetero) is 1. The van der Waals surface area contributed by atoms with E-state index in [9.17, 15) is 9.59 Å². The monoisotopic (exact) mass is 508 g/mol. The van der Waals surface area contributed by atoms with E-state index in [1.165, 1.54) is 12.8 Å². The van der Waals surface area contributed by atoms with Crippen LogP contribution in [0.15, 0.2) is 53.8 Å². The summed E-state index contributed by atoms with van der Waals surface area (Å²) in [4.78, 5) is 28.0. The van der Waals surface area contributed by atoms with Crippen LogP contribution in [0.1, 0.15) is 73.1 Å². The molecule has 190 valence electrons. The van der Waals surface area contributed by atoms with Gasteiger partial charge in [0.2, 0.25) is 5.78 Å². The highest BCUT2D eigenvalue weighted by Gasteiger charge is 2.40. The molecule has 2 aromatic rings. The van der Waals surface area contributed by atoms with Crippen molar-refractivity contribution in [3.63, 3.8) is 0 Å². The third kappa shape index (κ3) is 5.16. The molecule has 2 fully saturated rings. The van der Waals surface area contributed by atoms with Gasteiger partial charge in [-0.05, 0) is 94.8 Å². The summed E-state index contributed by atoms with van der Waals surface area (Å²) in [6.45, 7) is 5.35. The van der Waals surface area contributed by atoms with E-state index in [1.54, 1.807) is 18.2 Å². The molecule has 3 heterocycles. The fraction of sp³-hybridized carbons (Fsp3) is 0.448. The zero-order valence-electron chi connectivity index (χ0n) is 20.9. The SMILES string of the molecule is CC(C)=C1Oc2cccc(OCCCCN3C4CCC3CC(NC(=O)c3cccc(Cl)c3)C4)c2C1=O. The molecule has 0 spiro atoms. The van der Waals surface area contributed by atoms with Crippen LogP contribution in [-0.4, -0.2) is 47.9 Å². The van der Waals surface area contributed by atoms with E-state index in [-0.39, 0.29) is 17.7 Å². The van der Waals surface area contributed by atoms with Crippen molar-refractivity contribution in [3.05, 3.63) is 69.9 Å². The van der Waals surface area contributed by atoms with Crippen molar-refractivity contribution in [2.45, 2.75) is 70.5 Å². The first-order valence-electron chi connectivity index (χ1n) is 12.9. The van der Waals surface area contributed by atoms with E-state index in [4.69, 9.17) is 21.1 Å². The van der Waals surface area contributed by atoms with Crippen LogP contribution in [0.2, 0.25) is 5.02 Å². The number of nitrogens with one attached hydrogen (secondary N) is 1. The molecule has 0 aromatic heterocycles. The van der Waals surface area contributed by atoms with Gasteiger partial charge in [0.25, 0.3) is 5.91 Å². The Kier molecular flexibility index (Phi) is 7.35. The molecule has 6 nitrogen and oxygen atoms in total. The van der Waals surface area contributed by atoms with E-state index in [2.05, 4.69) is 10.2 Å². The molecule has 2 aromatic carbocycles. The van der Waals surface area contributed by atoms with E-state index < -0.39 is 0 Å². The number of ketones is 1. The summed E-state index contributed by atoms with van der Waals surface area (Å²) in [7, 11) is 0. The van der Waals surface area contributed by atoms with Gasteiger partial charge in [-0.2, -0.15) is 0 Å². The lowest BCUT2D eigenvalue weighted by Gasteiger charge is -2.39. The van der Waals surface area contributed by atoms with Crippen LogP contribution < -0.4 is 14.8 Å². The second-order valence-electron chi connectivity index (χ2n) is 10.2. The number of fused-ring (bicyclic) bond motifs is 3. The third-order valence-electron chi connectivity index (χ3n) is 7.46. The molecule has 0 radical (unpaired) electrons. The average molecular weight is 509 g/mol. The quantitative estimate of drug-likeness (QED) is 0.361. The largest absolute Gasteiger partial charge is 0.493 e. The molecule has 2 atom stereocenters. The number of ether oxygens (including phenoxy) is 2. The van der Waals surface area contributed by atoms with Crippen molar-refractivity contribution in [3.8, 4) is 11.5 Å². The number of amides is 1. The Labute approximate surface area is 217 Å². The smallest absolute Gasteiger partial charge is 0.251 e. The molecule has 1 N–H and O–H groups in total. The molecule has 1 amide bonds. The van der Waals surface area contributed by atoms with Crippen molar-refractivity contribution in [1.82, 2.24) is 10.2 Å². The van der Waals surface area contributed by atoms with Crippen molar-refractivity contribution >= 4 is 23.3 Å². The van der Waals surface area contributed by atoms with Crippen molar-refractivity contribution in [2.75, 3.05) is 13.2 Å². The Morgan fingerprint density at radius 1 is 1.11 bits per heavy atom. The Morgan fingerprint density at radius 3 is 2.58 bits per heavy atom. The number of hydrogen-bond donors (Lipinski definition) is 1. The van der Waals surface area contributed by atoms with Gasteiger partial charge in [0.05, 0.1) is 6.61 Å². The molecule has 2 unspecified atom stereocenters. The third-order valence-corrected chi connectivity index (χ3v) is 7.70. The number of carbonyl (C=O) groups is 2. The fourth-order valence-corrected chi connectivity index (χ4v) is 5.96. The molecule has 5 rings (SSSR count). The van der Waals surface area contributed by atoms with E-state index in [1.807, 2.05) is 38.1 Å². The molecule has 7 heteroatoms. The van der Waals surface area contributed by atoms with Crippen LogP contribution in [-0.2, 0) is 0 Å². The molecule has 3 aliphatic heterocycles. The molecule has 0 aliphatic carbocycles. The lowest BCUT2D eigenvalue weighted by atomic mass is 9.96. The van der Waals surface area contributed by atoms with Gasteiger partial charge in [-0.25, -0.2) is 0 Å². The maximum Gasteiger partial charge on any atom is 0.251 e. The molecule has 2 saturated heterocycles. The highest BCUT2D eigenvalue weighted by molar-refractivity contribution is 6.31. The number of benzene rings is 2. The first kappa shape index (κ1) is 24.8. The fourth-order valence-electron chi connectivity index (χ4n) is 5.77. The van der Waals surface area contributed by atoms with Crippen molar-refractivity contribution < 1.29 is 19.1 Å². The Balaban J connectivity index is 1.08. The first-order chi connectivity index (χ1) is 17.4. The molecular weight excluding hydrogens is 476 g/mol. The average Bonchev–Trinajstić information content (AvgIpc) is 3.31. The molecule has 36 heavy (non-hydrogen) atoms. The number of rotatable bonds is 8. The minimum absolute atomic E-state index is 0.0412. The van der Waals surface area contributed by atoms with E-state index in [0.29, 0.717) is 52.1 Å². The Bertz CT molecular complexity index is 1180. The molecule has 3 aliphatic rings. The Morgan fingerprint density at radius 2 is 1.86 bits per heavy atom. The second kappa shape index (κ2) is 10.7. The van der Waals surface area contributed by atoms with Gasteiger partial charge in [0, 0.05) is 28.7 Å². The highest BCUT2D eigenvalue weighted by atomic mass is 35.5. The van der Waals surface area contributed by atoms with Gasteiger partial charge in [-0.1, -0.05) is 23.7 Å². The van der Waals surface area contributed by atoms with Gasteiger partial charge in [0.1, 0.15) is 17.1 Å². The van der Waals surface area contributed by atoms with E-state index in [0.717, 1.165) is 37.8 Å². The number of carbonyl (C=O) groups excluding carboxylic acids is 2. The number of piperidine rings is 1. The summed E-state index contributed by atoms with van der Waals surface area (Å²) in [6, 6.07) is 13.9. The predicted octanol–water partition coefficient (Wildman–Crippen LogP) is 5.79. The van der Waals surface area contributed by atoms with Crippen LogP contribution in [0.4, 0.5) is 0 Å². The van der Waals surface area contributed by atoms with Crippen molar-refractivity contribution in [2.24, 2.45) is 0 Å². The normalized spacial score (nSPS) is 22.8. The lowest BCUT2D eigenvalue weighted by molar-refractivity contribution is 0.0837. The van der Waals surface area contributed by atoms with Crippen LogP contribution in [0, 0.1) is 0 Å². The topological polar surface area (TPSA) is 67.9 Å². The minimum atomic E-state index is -0.0949. The lowest BCUT2D eigenvalue weighted by Crippen LogP contribution is -2.50. The van der Waals surface area contributed by atoms with Crippen LogP contribution in [0.5, 0.6) is 11.5 Å². The summed E-state index contributed by atoms with van der Waals surface area (Å²) < 4.78 is 11.8. The summed E-state index contributed by atoms with van der Waals surface area (Å²) in [5.41, 5.74) is 2.02. The maximum atomic E-state index is 12.7. The van der Waals surface area contributed by atoms with Crippen LogP contribution in [0.25, 0.3) is 0 Å². The summed E-state index contributed by atoms with van der Waals surface area (Å²) in [5.74, 6) is 1.45. The molecular formula is C29H33ClN2O4. The molecule has 0 saturated carbocycles. The zero-order chi connectivity index (χ0) is 25.2. The Hall–Kier alpha value is -2.83. The number of hydrogen-bond acceptors (Lipinski definition) is 5. The highest BCUT2D eigenvalue weighted by Crippen LogP contribution is 2.39. The summed E-state index contributed by atoms with van der Waals surface area (Å²) in [5, 5.41) is 3.81. The number of allylic oxidation sites excluding steroid dienone is 2. The number of halogens is 1. The van der Waals surface area contributed by atoms with Gasteiger partial charge < -0.3 is 14.8 Å². The van der Waals surface area contributed by atoms with Crippen LogP contribution in [0.3, 0.4) is 0 Å². The minimum Gasteiger partial charge on any atom is -0.493 e. The number of nitrogens with zero attached hydrogens (tertiary/aromatic N) is 1. The maximum absolute atomic E-state index is 12.7. The summed E-state index contributed by atoms with van der Waals surface area (Å²) in [6.07, 6.45) is 6.31. The molecule has 2 bridgehead atoms. The zero-order valence-corrected chi connectivity index (χ0v) is 21.6. The summed E-state index contributed by atoms with van der Waals surface area (Å²) >= 11 is 6.04. The second-order valence-corrected chi connectivity index (χ2v) is 10.7. The van der Waals surface area contributed by atoms with Gasteiger partial charge in [0.15, 0.2) is 5.76 Å². The standard InChI is InChI=1S/C29H33ClN2O4/c1-18(2)28-27(33)26-24(9-6-10-25(26)36-28)35-14-4-3-13-32-22-11-12-23(32)17-21(16-22)31-29(34)19-7-5-8-20(30)15-19/h5-10,15,21-23H,3-4,11-14,16-17H2,1-2H3,(H,31,34). The van der Waals surface area contributed by atoms with E-state index >= 15 is 0 Å². The predicted molar refractivity (Wildman–Crippen MR) is 140 cm³/mol. The first-order valence-corrected chi connectivity index (χ1v) is 13.3. The number of unbranched alkanes of at least 4 members (excludes halogenated alkanes) is 1. The van der Waals surface area contributed by atoms with Gasteiger partial charge in [-0.3, -0.25) is 14.5 Å².